The normalized spacial score (nSPS) is 10.9. The maximum absolute atomic E-state index is 12.4. The van der Waals surface area contributed by atoms with E-state index in [4.69, 9.17) is 5.10 Å². The molecule has 7 heteroatoms. The van der Waals surface area contributed by atoms with Crippen molar-refractivity contribution in [1.29, 1.82) is 0 Å². The number of rotatable bonds is 7. The Balaban J connectivity index is 1.31. The molecular formula is C26H22N6O. The second kappa shape index (κ2) is 9.40. The third-order valence-electron chi connectivity index (χ3n) is 5.34. The molecule has 1 N–H and O–H groups in total. The van der Waals surface area contributed by atoms with E-state index in [1.165, 1.54) is 5.56 Å². The highest BCUT2D eigenvalue weighted by Crippen LogP contribution is 2.23. The van der Waals surface area contributed by atoms with Gasteiger partial charge in [0.2, 0.25) is 5.91 Å². The second-order valence-electron chi connectivity index (χ2n) is 7.72. The molecule has 7 nitrogen and oxygen atoms in total. The van der Waals surface area contributed by atoms with Crippen molar-refractivity contribution in [2.45, 2.75) is 19.3 Å². The van der Waals surface area contributed by atoms with Gasteiger partial charge in [-0.2, -0.15) is 9.61 Å². The standard InChI is InChI=1S/C26H22N6O/c33-25(13-4-9-19-7-2-1-3-8-19)28-22-12-5-10-20(17-22)23-14-15-24-29-30-26(32(24)31-23)21-11-6-16-27-18-21/h1-3,5-8,10-12,14-18H,4,9,13H2,(H,28,33). The average molecular weight is 435 g/mol. The maximum Gasteiger partial charge on any atom is 0.224 e. The van der Waals surface area contributed by atoms with Crippen LogP contribution in [0.4, 0.5) is 5.69 Å². The first-order valence-corrected chi connectivity index (χ1v) is 10.8. The molecule has 0 fully saturated rings. The van der Waals surface area contributed by atoms with Gasteiger partial charge in [0.1, 0.15) is 0 Å². The van der Waals surface area contributed by atoms with Crippen LogP contribution >= 0.6 is 0 Å². The zero-order valence-corrected chi connectivity index (χ0v) is 17.9. The number of carbonyl (C=O) groups is 1. The van der Waals surface area contributed by atoms with Crippen LogP contribution < -0.4 is 5.32 Å². The maximum atomic E-state index is 12.4. The van der Waals surface area contributed by atoms with E-state index in [2.05, 4.69) is 32.6 Å². The minimum atomic E-state index is 0.00386. The van der Waals surface area contributed by atoms with E-state index >= 15 is 0 Å². The Labute approximate surface area is 191 Å². The number of fused-ring (bicyclic) bond motifs is 1. The van der Waals surface area contributed by atoms with Gasteiger partial charge in [0, 0.05) is 35.6 Å². The molecule has 0 atom stereocenters. The highest BCUT2D eigenvalue weighted by Gasteiger charge is 2.11. The summed E-state index contributed by atoms with van der Waals surface area (Å²) < 4.78 is 1.71. The Bertz CT molecular complexity index is 1380. The van der Waals surface area contributed by atoms with Crippen LogP contribution in [-0.2, 0) is 11.2 Å². The Hall–Kier alpha value is -4.39. The molecule has 0 saturated heterocycles. The molecule has 0 saturated carbocycles. The summed E-state index contributed by atoms with van der Waals surface area (Å²) in [5.74, 6) is 0.631. The number of amides is 1. The summed E-state index contributed by atoms with van der Waals surface area (Å²) in [6.07, 6.45) is 5.61. The zero-order valence-electron chi connectivity index (χ0n) is 17.9. The minimum absolute atomic E-state index is 0.00386. The number of hydrogen-bond donors (Lipinski definition) is 1. The molecule has 0 bridgehead atoms. The van der Waals surface area contributed by atoms with Gasteiger partial charge in [0.15, 0.2) is 11.5 Å². The predicted molar refractivity (Wildman–Crippen MR) is 127 cm³/mol. The van der Waals surface area contributed by atoms with E-state index in [1.54, 1.807) is 16.9 Å². The van der Waals surface area contributed by atoms with Gasteiger partial charge in [0.25, 0.3) is 0 Å². The minimum Gasteiger partial charge on any atom is -0.326 e. The van der Waals surface area contributed by atoms with E-state index in [-0.39, 0.29) is 5.91 Å². The lowest BCUT2D eigenvalue weighted by atomic mass is 10.1. The van der Waals surface area contributed by atoms with Crippen LogP contribution in [0.3, 0.4) is 0 Å². The van der Waals surface area contributed by atoms with E-state index < -0.39 is 0 Å². The fraction of sp³-hybridized carbons (Fsp3) is 0.115. The first-order chi connectivity index (χ1) is 16.3. The van der Waals surface area contributed by atoms with Gasteiger partial charge in [0.05, 0.1) is 5.69 Å². The van der Waals surface area contributed by atoms with Crippen molar-refractivity contribution in [1.82, 2.24) is 24.8 Å². The van der Waals surface area contributed by atoms with Crippen molar-refractivity contribution in [3.8, 4) is 22.6 Å². The Morgan fingerprint density at radius 3 is 2.61 bits per heavy atom. The topological polar surface area (TPSA) is 85.1 Å². The van der Waals surface area contributed by atoms with Crippen LogP contribution in [0.25, 0.3) is 28.3 Å². The number of aryl methyl sites for hydroxylation is 1. The van der Waals surface area contributed by atoms with E-state index in [0.29, 0.717) is 17.9 Å². The number of nitrogens with zero attached hydrogens (tertiary/aromatic N) is 5. The van der Waals surface area contributed by atoms with E-state index in [9.17, 15) is 4.79 Å². The molecule has 5 rings (SSSR count). The molecule has 3 aromatic heterocycles. The van der Waals surface area contributed by atoms with Gasteiger partial charge in [-0.05, 0) is 54.8 Å². The van der Waals surface area contributed by atoms with Gasteiger partial charge in [-0.25, -0.2) is 0 Å². The number of benzene rings is 2. The summed E-state index contributed by atoms with van der Waals surface area (Å²) in [5.41, 5.74) is 5.13. The van der Waals surface area contributed by atoms with Gasteiger partial charge in [-0.1, -0.05) is 42.5 Å². The van der Waals surface area contributed by atoms with Gasteiger partial charge < -0.3 is 5.32 Å². The molecule has 162 valence electrons. The van der Waals surface area contributed by atoms with Crippen LogP contribution in [0.15, 0.2) is 91.3 Å². The summed E-state index contributed by atoms with van der Waals surface area (Å²) in [6, 6.07) is 25.5. The molecule has 0 radical (unpaired) electrons. The molecule has 0 aliphatic rings. The fourth-order valence-corrected chi connectivity index (χ4v) is 3.70. The predicted octanol–water partition coefficient (Wildman–Crippen LogP) is 4.81. The molecule has 0 unspecified atom stereocenters. The molecule has 33 heavy (non-hydrogen) atoms. The number of aromatic nitrogens is 5. The van der Waals surface area contributed by atoms with Crippen molar-refractivity contribution >= 4 is 17.2 Å². The first kappa shape index (κ1) is 20.5. The van der Waals surface area contributed by atoms with Crippen LogP contribution in [0, 0.1) is 0 Å². The monoisotopic (exact) mass is 434 g/mol. The zero-order chi connectivity index (χ0) is 22.5. The van der Waals surface area contributed by atoms with Crippen molar-refractivity contribution in [3.05, 3.63) is 96.8 Å². The number of hydrogen-bond acceptors (Lipinski definition) is 5. The van der Waals surface area contributed by atoms with Crippen LogP contribution in [0.5, 0.6) is 0 Å². The van der Waals surface area contributed by atoms with Gasteiger partial charge in [-0.3, -0.25) is 9.78 Å². The van der Waals surface area contributed by atoms with E-state index in [0.717, 1.165) is 35.3 Å². The highest BCUT2D eigenvalue weighted by molar-refractivity contribution is 5.91. The highest BCUT2D eigenvalue weighted by atomic mass is 16.1. The largest absolute Gasteiger partial charge is 0.326 e. The molecular weight excluding hydrogens is 412 g/mol. The summed E-state index contributed by atoms with van der Waals surface area (Å²) in [4.78, 5) is 16.6. The Kier molecular flexibility index (Phi) is 5.84. The van der Waals surface area contributed by atoms with Crippen molar-refractivity contribution in [2.24, 2.45) is 0 Å². The molecule has 0 aliphatic heterocycles. The number of nitrogens with one attached hydrogen (secondary N) is 1. The fourth-order valence-electron chi connectivity index (χ4n) is 3.70. The molecule has 1 amide bonds. The van der Waals surface area contributed by atoms with Crippen LogP contribution in [0.1, 0.15) is 18.4 Å². The quantitative estimate of drug-likeness (QED) is 0.397. The number of anilines is 1. The van der Waals surface area contributed by atoms with Crippen LogP contribution in [0.2, 0.25) is 0 Å². The smallest absolute Gasteiger partial charge is 0.224 e. The third kappa shape index (κ3) is 4.77. The Morgan fingerprint density at radius 2 is 1.76 bits per heavy atom. The van der Waals surface area contributed by atoms with Gasteiger partial charge >= 0.3 is 0 Å². The molecule has 0 spiro atoms. The van der Waals surface area contributed by atoms with Crippen molar-refractivity contribution in [2.75, 3.05) is 5.32 Å². The van der Waals surface area contributed by atoms with Gasteiger partial charge in [-0.15, -0.1) is 10.2 Å². The average Bonchev–Trinajstić information content (AvgIpc) is 3.29. The Morgan fingerprint density at radius 1 is 0.879 bits per heavy atom. The lowest BCUT2D eigenvalue weighted by molar-refractivity contribution is -0.116. The number of carbonyl (C=O) groups excluding carboxylic acids is 1. The summed E-state index contributed by atoms with van der Waals surface area (Å²) in [6.45, 7) is 0. The van der Waals surface area contributed by atoms with Crippen LogP contribution in [-0.4, -0.2) is 30.7 Å². The third-order valence-corrected chi connectivity index (χ3v) is 5.34. The van der Waals surface area contributed by atoms with Crippen molar-refractivity contribution in [3.63, 3.8) is 0 Å². The van der Waals surface area contributed by atoms with Crippen molar-refractivity contribution < 1.29 is 4.79 Å². The second-order valence-corrected chi connectivity index (χ2v) is 7.72. The first-order valence-electron chi connectivity index (χ1n) is 10.8. The summed E-state index contributed by atoms with van der Waals surface area (Å²) in [7, 11) is 0. The summed E-state index contributed by atoms with van der Waals surface area (Å²) in [5, 5.41) is 16.2. The molecule has 0 aliphatic carbocycles. The lowest BCUT2D eigenvalue weighted by Crippen LogP contribution is -2.11. The van der Waals surface area contributed by atoms with E-state index in [1.807, 2.05) is 66.7 Å². The SMILES string of the molecule is O=C(CCCc1ccccc1)Nc1cccc(-c2ccc3nnc(-c4cccnc4)n3n2)c1. The molecule has 3 heterocycles. The molecule has 2 aromatic carbocycles. The summed E-state index contributed by atoms with van der Waals surface area (Å²) >= 11 is 0. The lowest BCUT2D eigenvalue weighted by Gasteiger charge is -2.08. The number of pyridine rings is 1. The molecule has 5 aromatic rings.